The number of methoxy groups -OCH3 is 1. The number of hydrogen-bond acceptors (Lipinski definition) is 6. The first-order valence-electron chi connectivity index (χ1n) is 11.8. The smallest absolute Gasteiger partial charge is 0.264 e. The minimum Gasteiger partial charge on any atom is -0.495 e. The lowest BCUT2D eigenvalue weighted by molar-refractivity contribution is -0.119. The Hall–Kier alpha value is -3.56. The van der Waals surface area contributed by atoms with Crippen LogP contribution in [0.3, 0.4) is 0 Å². The number of halogens is 1. The molecule has 0 aliphatic heterocycles. The fourth-order valence-electron chi connectivity index (χ4n) is 3.70. The maximum absolute atomic E-state index is 13.6. The van der Waals surface area contributed by atoms with E-state index in [-0.39, 0.29) is 16.3 Å². The van der Waals surface area contributed by atoms with Gasteiger partial charge >= 0.3 is 0 Å². The predicted octanol–water partition coefficient (Wildman–Crippen LogP) is 4.85. The van der Waals surface area contributed by atoms with Crippen molar-refractivity contribution in [3.8, 4) is 5.75 Å². The lowest BCUT2D eigenvalue weighted by atomic mass is 10.2. The van der Waals surface area contributed by atoms with Crippen molar-refractivity contribution < 1.29 is 17.9 Å². The first-order valence-corrected chi connectivity index (χ1v) is 13.6. The Bertz CT molecular complexity index is 1340. The number of benzene rings is 3. The van der Waals surface area contributed by atoms with Crippen LogP contribution in [-0.4, -0.2) is 47.3 Å². The van der Waals surface area contributed by atoms with Gasteiger partial charge in [0.2, 0.25) is 0 Å². The molecule has 0 spiro atoms. The van der Waals surface area contributed by atoms with Crippen LogP contribution in [0.1, 0.15) is 25.0 Å². The Morgan fingerprint density at radius 3 is 2.27 bits per heavy atom. The van der Waals surface area contributed by atoms with E-state index in [1.807, 2.05) is 31.2 Å². The van der Waals surface area contributed by atoms with Crippen molar-refractivity contribution in [1.82, 2.24) is 5.43 Å². The van der Waals surface area contributed by atoms with Gasteiger partial charge in [0, 0.05) is 23.8 Å². The van der Waals surface area contributed by atoms with Gasteiger partial charge in [-0.3, -0.25) is 9.10 Å². The van der Waals surface area contributed by atoms with Crippen molar-refractivity contribution in [3.05, 3.63) is 82.9 Å². The number of carbonyl (C=O) groups excluding carboxylic acids is 1. The first kappa shape index (κ1) is 28.0. The molecule has 0 radical (unpaired) electrons. The zero-order valence-electron chi connectivity index (χ0n) is 21.3. The van der Waals surface area contributed by atoms with Crippen LogP contribution in [0.25, 0.3) is 0 Å². The highest BCUT2D eigenvalue weighted by molar-refractivity contribution is 7.92. The van der Waals surface area contributed by atoms with Crippen molar-refractivity contribution in [2.75, 3.05) is 35.9 Å². The number of anilines is 2. The van der Waals surface area contributed by atoms with E-state index >= 15 is 0 Å². The molecule has 0 bridgehead atoms. The van der Waals surface area contributed by atoms with Crippen LogP contribution in [0.4, 0.5) is 11.4 Å². The summed E-state index contributed by atoms with van der Waals surface area (Å²) in [6.45, 7) is 7.31. The Morgan fingerprint density at radius 2 is 1.68 bits per heavy atom. The third-order valence-corrected chi connectivity index (χ3v) is 7.74. The van der Waals surface area contributed by atoms with Gasteiger partial charge in [0.15, 0.2) is 0 Å². The molecule has 3 aromatic carbocycles. The molecule has 0 saturated carbocycles. The lowest BCUT2D eigenvalue weighted by Crippen LogP contribution is -2.39. The maximum Gasteiger partial charge on any atom is 0.264 e. The molecule has 3 aromatic rings. The maximum atomic E-state index is 13.6. The van der Waals surface area contributed by atoms with Crippen molar-refractivity contribution in [1.29, 1.82) is 0 Å². The van der Waals surface area contributed by atoms with Gasteiger partial charge in [0.05, 0.1) is 23.9 Å². The summed E-state index contributed by atoms with van der Waals surface area (Å²) in [4.78, 5) is 15.1. The molecule has 3 rings (SSSR count). The molecule has 196 valence electrons. The molecule has 0 unspecified atom stereocenters. The van der Waals surface area contributed by atoms with E-state index in [1.54, 1.807) is 24.3 Å². The second-order valence-corrected chi connectivity index (χ2v) is 10.5. The molecule has 0 aromatic heterocycles. The summed E-state index contributed by atoms with van der Waals surface area (Å²) in [6, 6.07) is 18.7. The quantitative estimate of drug-likeness (QED) is 0.276. The molecule has 10 heteroatoms. The van der Waals surface area contributed by atoms with E-state index in [1.165, 1.54) is 31.5 Å². The Balaban J connectivity index is 1.84. The third kappa shape index (κ3) is 7.02. The number of hydrogen-bond donors (Lipinski definition) is 1. The molecule has 0 aliphatic rings. The van der Waals surface area contributed by atoms with Gasteiger partial charge in [0.1, 0.15) is 12.3 Å². The van der Waals surface area contributed by atoms with Gasteiger partial charge in [-0.1, -0.05) is 41.4 Å². The summed E-state index contributed by atoms with van der Waals surface area (Å²) in [5.74, 6) is -0.376. The molecule has 0 atom stereocenters. The highest BCUT2D eigenvalue weighted by Gasteiger charge is 2.29. The highest BCUT2D eigenvalue weighted by atomic mass is 35.5. The Morgan fingerprint density at radius 1 is 1.03 bits per heavy atom. The zero-order valence-corrected chi connectivity index (χ0v) is 22.9. The van der Waals surface area contributed by atoms with E-state index in [9.17, 15) is 13.2 Å². The minimum absolute atomic E-state index is 0.0321. The van der Waals surface area contributed by atoms with E-state index in [0.29, 0.717) is 5.02 Å². The average Bonchev–Trinajstić information content (AvgIpc) is 2.89. The number of carbonyl (C=O) groups is 1. The second-order valence-electron chi connectivity index (χ2n) is 8.20. The summed E-state index contributed by atoms with van der Waals surface area (Å²) in [6.07, 6.45) is 1.50. The van der Waals surface area contributed by atoms with Crippen LogP contribution in [0.2, 0.25) is 5.02 Å². The predicted molar refractivity (Wildman–Crippen MR) is 149 cm³/mol. The SMILES string of the molecule is CCN(CC)c1ccc(/C=N\NC(=O)CN(c2cc(Cl)ccc2OC)S(=O)(=O)c2ccc(C)cc2)cc1. The Labute approximate surface area is 223 Å². The summed E-state index contributed by atoms with van der Waals surface area (Å²) in [5, 5.41) is 4.31. The van der Waals surface area contributed by atoms with Crippen LogP contribution in [0, 0.1) is 6.92 Å². The molecule has 1 N–H and O–H groups in total. The van der Waals surface area contributed by atoms with E-state index in [0.717, 1.165) is 34.2 Å². The van der Waals surface area contributed by atoms with Gasteiger partial charge in [-0.25, -0.2) is 13.8 Å². The molecular formula is C27H31ClN4O4S. The van der Waals surface area contributed by atoms with Gasteiger partial charge < -0.3 is 9.64 Å². The molecule has 0 aliphatic carbocycles. The minimum atomic E-state index is -4.13. The van der Waals surface area contributed by atoms with Crippen LogP contribution >= 0.6 is 11.6 Å². The van der Waals surface area contributed by atoms with Crippen molar-refractivity contribution >= 4 is 45.1 Å². The number of nitrogens with one attached hydrogen (secondary N) is 1. The van der Waals surface area contributed by atoms with E-state index in [2.05, 4.69) is 29.3 Å². The molecular weight excluding hydrogens is 512 g/mol. The molecule has 0 saturated heterocycles. The molecule has 0 heterocycles. The van der Waals surface area contributed by atoms with Crippen LogP contribution in [-0.2, 0) is 14.8 Å². The number of amides is 1. The largest absolute Gasteiger partial charge is 0.495 e. The topological polar surface area (TPSA) is 91.3 Å². The summed E-state index contributed by atoms with van der Waals surface area (Å²) < 4.78 is 33.5. The normalized spacial score (nSPS) is 11.4. The summed E-state index contributed by atoms with van der Waals surface area (Å²) in [7, 11) is -2.72. The number of nitrogens with zero attached hydrogens (tertiary/aromatic N) is 3. The monoisotopic (exact) mass is 542 g/mol. The van der Waals surface area contributed by atoms with Crippen molar-refractivity contribution in [2.24, 2.45) is 5.10 Å². The number of rotatable bonds is 11. The number of hydrazone groups is 1. The fourth-order valence-corrected chi connectivity index (χ4v) is 5.29. The molecule has 1 amide bonds. The van der Waals surface area contributed by atoms with Crippen LogP contribution in [0.5, 0.6) is 5.75 Å². The second kappa shape index (κ2) is 12.6. The zero-order chi connectivity index (χ0) is 27.0. The number of ether oxygens (including phenoxy) is 1. The van der Waals surface area contributed by atoms with Gasteiger partial charge in [0.25, 0.3) is 15.9 Å². The fraction of sp³-hybridized carbons (Fsp3) is 0.259. The highest BCUT2D eigenvalue weighted by Crippen LogP contribution is 2.34. The number of aryl methyl sites for hydroxylation is 1. The standard InChI is InChI=1S/C27H31ClN4O4S/c1-5-31(6-2)23-12-9-21(10-13-23)18-29-30-27(33)19-32(25-17-22(28)11-16-26(25)36-4)37(34,35)24-14-7-20(3)8-15-24/h7-18H,5-6,19H2,1-4H3,(H,30,33)/b29-18-. The van der Waals surface area contributed by atoms with Gasteiger partial charge in [-0.2, -0.15) is 5.10 Å². The van der Waals surface area contributed by atoms with Crippen LogP contribution in [0.15, 0.2) is 76.7 Å². The molecule has 37 heavy (non-hydrogen) atoms. The third-order valence-electron chi connectivity index (χ3n) is 5.73. The number of sulfonamides is 1. The van der Waals surface area contributed by atoms with Crippen molar-refractivity contribution in [3.63, 3.8) is 0 Å². The first-order chi connectivity index (χ1) is 17.7. The summed E-state index contributed by atoms with van der Waals surface area (Å²) in [5.41, 5.74) is 5.35. The molecule has 0 fully saturated rings. The van der Waals surface area contributed by atoms with E-state index in [4.69, 9.17) is 16.3 Å². The Kier molecular flexibility index (Phi) is 9.54. The van der Waals surface area contributed by atoms with Crippen molar-refractivity contribution in [2.45, 2.75) is 25.7 Å². The summed E-state index contributed by atoms with van der Waals surface area (Å²) >= 11 is 6.17. The lowest BCUT2D eigenvalue weighted by Gasteiger charge is -2.25. The van der Waals surface area contributed by atoms with E-state index < -0.39 is 22.5 Å². The van der Waals surface area contributed by atoms with Gasteiger partial charge in [-0.05, 0) is 68.8 Å². The van der Waals surface area contributed by atoms with Gasteiger partial charge in [-0.15, -0.1) is 0 Å². The van der Waals surface area contributed by atoms with Crippen LogP contribution < -0.4 is 19.4 Å². The average molecular weight is 543 g/mol. The molecule has 8 nitrogen and oxygen atoms in total.